The van der Waals surface area contributed by atoms with Crippen LogP contribution in [0.1, 0.15) is 44.0 Å². The average molecular weight is 265 g/mol. The molecule has 1 aromatic rings. The molecular weight excluding hydrogens is 242 g/mol. The Kier molecular flexibility index (Phi) is 6.88. The third-order valence-electron chi connectivity index (χ3n) is 2.87. The molecule has 1 amide bonds. The van der Waals surface area contributed by atoms with Crippen molar-refractivity contribution in [3.05, 3.63) is 29.8 Å². The van der Waals surface area contributed by atoms with Gasteiger partial charge in [-0.1, -0.05) is 32.4 Å². The van der Waals surface area contributed by atoms with Gasteiger partial charge in [-0.3, -0.25) is 4.79 Å². The molecule has 0 spiro atoms. The third kappa shape index (κ3) is 4.05. The maximum Gasteiger partial charge on any atom is 0.254 e. The van der Waals surface area contributed by atoms with Gasteiger partial charge in [-0.2, -0.15) is 0 Å². The molecule has 0 heterocycles. The molecule has 0 aliphatic heterocycles. The van der Waals surface area contributed by atoms with Gasteiger partial charge in [0.15, 0.2) is 0 Å². The number of thioether (sulfide) groups is 1. The highest BCUT2D eigenvalue weighted by Gasteiger charge is 2.16. The van der Waals surface area contributed by atoms with Crippen LogP contribution < -0.4 is 0 Å². The van der Waals surface area contributed by atoms with E-state index in [4.69, 9.17) is 0 Å². The summed E-state index contributed by atoms with van der Waals surface area (Å²) in [5, 5.41) is 0. The molecular formula is C15H23NOS. The summed E-state index contributed by atoms with van der Waals surface area (Å²) >= 11 is 1.73. The highest BCUT2D eigenvalue weighted by molar-refractivity contribution is 7.99. The van der Waals surface area contributed by atoms with E-state index in [2.05, 4.69) is 13.8 Å². The standard InChI is InChI=1S/C15H23NOS/c1-4-7-12-16(5-2)15(17)13-10-8-9-11-14(13)18-6-3/h8-11H,4-7,12H2,1-3H3. The van der Waals surface area contributed by atoms with Crippen LogP contribution in [-0.2, 0) is 0 Å². The minimum Gasteiger partial charge on any atom is -0.339 e. The zero-order valence-corrected chi connectivity index (χ0v) is 12.4. The summed E-state index contributed by atoms with van der Waals surface area (Å²) in [5.74, 6) is 1.16. The zero-order valence-electron chi connectivity index (χ0n) is 11.6. The Labute approximate surface area is 115 Å². The molecule has 0 bridgehead atoms. The predicted molar refractivity (Wildman–Crippen MR) is 79.3 cm³/mol. The van der Waals surface area contributed by atoms with Gasteiger partial charge in [-0.25, -0.2) is 0 Å². The van der Waals surface area contributed by atoms with E-state index in [-0.39, 0.29) is 5.91 Å². The number of carbonyl (C=O) groups is 1. The van der Waals surface area contributed by atoms with Crippen molar-refractivity contribution in [2.24, 2.45) is 0 Å². The van der Waals surface area contributed by atoms with Gasteiger partial charge in [0, 0.05) is 18.0 Å². The molecule has 0 aliphatic rings. The van der Waals surface area contributed by atoms with Crippen molar-refractivity contribution in [1.29, 1.82) is 0 Å². The largest absolute Gasteiger partial charge is 0.339 e. The number of benzene rings is 1. The van der Waals surface area contributed by atoms with Gasteiger partial charge in [0.1, 0.15) is 0 Å². The van der Waals surface area contributed by atoms with E-state index >= 15 is 0 Å². The van der Waals surface area contributed by atoms with Crippen molar-refractivity contribution in [2.75, 3.05) is 18.8 Å². The number of amides is 1. The van der Waals surface area contributed by atoms with Crippen molar-refractivity contribution in [3.8, 4) is 0 Å². The molecule has 0 N–H and O–H groups in total. The van der Waals surface area contributed by atoms with E-state index in [0.29, 0.717) is 0 Å². The second-order valence-corrected chi connectivity index (χ2v) is 5.47. The van der Waals surface area contributed by atoms with Gasteiger partial charge < -0.3 is 4.90 Å². The van der Waals surface area contributed by atoms with E-state index in [1.54, 1.807) is 11.8 Å². The molecule has 1 aromatic carbocycles. The molecule has 0 atom stereocenters. The highest BCUT2D eigenvalue weighted by Crippen LogP contribution is 2.23. The molecule has 0 unspecified atom stereocenters. The third-order valence-corrected chi connectivity index (χ3v) is 3.82. The monoisotopic (exact) mass is 265 g/mol. The minimum atomic E-state index is 0.169. The van der Waals surface area contributed by atoms with Crippen molar-refractivity contribution in [1.82, 2.24) is 4.90 Å². The van der Waals surface area contributed by atoms with Crippen molar-refractivity contribution in [3.63, 3.8) is 0 Å². The van der Waals surface area contributed by atoms with Gasteiger partial charge in [0.05, 0.1) is 5.56 Å². The molecule has 100 valence electrons. The second kappa shape index (κ2) is 8.20. The van der Waals surface area contributed by atoms with Crippen LogP contribution in [0.25, 0.3) is 0 Å². The molecule has 18 heavy (non-hydrogen) atoms. The van der Waals surface area contributed by atoms with Crippen molar-refractivity contribution >= 4 is 17.7 Å². The average Bonchev–Trinajstić information content (AvgIpc) is 2.40. The highest BCUT2D eigenvalue weighted by atomic mass is 32.2. The topological polar surface area (TPSA) is 20.3 Å². The quantitative estimate of drug-likeness (QED) is 0.693. The normalized spacial score (nSPS) is 10.4. The molecule has 0 saturated heterocycles. The molecule has 0 saturated carbocycles. The smallest absolute Gasteiger partial charge is 0.254 e. The lowest BCUT2D eigenvalue weighted by Crippen LogP contribution is -2.32. The molecule has 3 heteroatoms. The lowest BCUT2D eigenvalue weighted by Gasteiger charge is -2.21. The molecule has 0 aromatic heterocycles. The number of unbranched alkanes of at least 4 members (excludes halogenated alkanes) is 1. The van der Waals surface area contributed by atoms with Gasteiger partial charge in [-0.15, -0.1) is 11.8 Å². The SMILES string of the molecule is CCCCN(CC)C(=O)c1ccccc1SCC. The van der Waals surface area contributed by atoms with Crippen LogP contribution >= 0.6 is 11.8 Å². The maximum atomic E-state index is 12.5. The van der Waals surface area contributed by atoms with Crippen LogP contribution in [0.5, 0.6) is 0 Å². The summed E-state index contributed by atoms with van der Waals surface area (Å²) < 4.78 is 0. The van der Waals surface area contributed by atoms with E-state index in [0.717, 1.165) is 42.1 Å². The number of carbonyl (C=O) groups excluding carboxylic acids is 1. The first kappa shape index (κ1) is 15.1. The molecule has 1 rings (SSSR count). The maximum absolute atomic E-state index is 12.5. The number of rotatable bonds is 7. The van der Waals surface area contributed by atoms with Gasteiger partial charge >= 0.3 is 0 Å². The molecule has 0 fully saturated rings. The van der Waals surface area contributed by atoms with Crippen LogP contribution in [0.2, 0.25) is 0 Å². The van der Waals surface area contributed by atoms with Crippen LogP contribution in [0.4, 0.5) is 0 Å². The van der Waals surface area contributed by atoms with E-state index in [9.17, 15) is 4.79 Å². The van der Waals surface area contributed by atoms with Crippen molar-refractivity contribution in [2.45, 2.75) is 38.5 Å². The summed E-state index contributed by atoms with van der Waals surface area (Å²) in [6.45, 7) is 7.95. The minimum absolute atomic E-state index is 0.169. The Morgan fingerprint density at radius 2 is 1.94 bits per heavy atom. The first-order valence-corrected chi connectivity index (χ1v) is 7.74. The number of hydrogen-bond donors (Lipinski definition) is 0. The Morgan fingerprint density at radius 3 is 2.56 bits per heavy atom. The van der Waals surface area contributed by atoms with E-state index in [1.807, 2.05) is 36.1 Å². The second-order valence-electron chi connectivity index (χ2n) is 4.17. The molecule has 2 nitrogen and oxygen atoms in total. The first-order chi connectivity index (χ1) is 8.74. The fraction of sp³-hybridized carbons (Fsp3) is 0.533. The summed E-state index contributed by atoms with van der Waals surface area (Å²) in [6, 6.07) is 7.92. The summed E-state index contributed by atoms with van der Waals surface area (Å²) in [4.78, 5) is 15.5. The fourth-order valence-corrected chi connectivity index (χ4v) is 2.64. The van der Waals surface area contributed by atoms with Crippen LogP contribution in [0.15, 0.2) is 29.2 Å². The Hall–Kier alpha value is -0.960. The number of nitrogens with zero attached hydrogens (tertiary/aromatic N) is 1. The Morgan fingerprint density at radius 1 is 1.22 bits per heavy atom. The lowest BCUT2D eigenvalue weighted by molar-refractivity contribution is 0.0759. The van der Waals surface area contributed by atoms with Gasteiger partial charge in [-0.05, 0) is 31.2 Å². The summed E-state index contributed by atoms with van der Waals surface area (Å²) in [5.41, 5.74) is 0.849. The Bertz CT molecular complexity index is 379. The van der Waals surface area contributed by atoms with E-state index < -0.39 is 0 Å². The fourth-order valence-electron chi connectivity index (χ4n) is 1.85. The predicted octanol–water partition coefficient (Wildman–Crippen LogP) is 4.06. The Balaban J connectivity index is 2.86. The van der Waals surface area contributed by atoms with Gasteiger partial charge in [0.25, 0.3) is 5.91 Å². The molecule has 0 radical (unpaired) electrons. The van der Waals surface area contributed by atoms with Crippen LogP contribution in [0.3, 0.4) is 0 Å². The molecule has 0 aliphatic carbocycles. The van der Waals surface area contributed by atoms with Crippen LogP contribution in [0, 0.1) is 0 Å². The summed E-state index contributed by atoms with van der Waals surface area (Å²) in [6.07, 6.45) is 2.19. The van der Waals surface area contributed by atoms with Crippen molar-refractivity contribution < 1.29 is 4.79 Å². The van der Waals surface area contributed by atoms with Crippen LogP contribution in [-0.4, -0.2) is 29.6 Å². The first-order valence-electron chi connectivity index (χ1n) is 6.75. The summed E-state index contributed by atoms with van der Waals surface area (Å²) in [7, 11) is 0. The number of hydrogen-bond acceptors (Lipinski definition) is 2. The lowest BCUT2D eigenvalue weighted by atomic mass is 10.2. The van der Waals surface area contributed by atoms with E-state index in [1.165, 1.54) is 0 Å². The zero-order chi connectivity index (χ0) is 13.4. The van der Waals surface area contributed by atoms with Gasteiger partial charge in [0.2, 0.25) is 0 Å².